The lowest BCUT2D eigenvalue weighted by Gasteiger charge is -2.05. The average Bonchev–Trinajstić information content (AvgIpc) is 2.95. The summed E-state index contributed by atoms with van der Waals surface area (Å²) in [5, 5.41) is 5.33. The molecule has 0 aliphatic carbocycles. The average molecular weight is 279 g/mol. The number of ketones is 1. The minimum absolute atomic E-state index is 0.0719. The van der Waals surface area contributed by atoms with Crippen molar-refractivity contribution >= 4 is 16.7 Å². The highest BCUT2D eigenvalue weighted by Gasteiger charge is 2.13. The molecule has 3 aromatic rings. The van der Waals surface area contributed by atoms with Crippen LogP contribution in [0.25, 0.3) is 10.9 Å². The third-order valence-electron chi connectivity index (χ3n) is 3.48. The Kier molecular flexibility index (Phi) is 3.52. The van der Waals surface area contributed by atoms with Gasteiger partial charge in [-0.25, -0.2) is 0 Å². The summed E-state index contributed by atoms with van der Waals surface area (Å²) in [5.41, 5.74) is 2.35. The Morgan fingerprint density at radius 1 is 1.19 bits per heavy atom. The molecule has 3 rings (SSSR count). The van der Waals surface area contributed by atoms with Gasteiger partial charge in [0, 0.05) is 29.4 Å². The Morgan fingerprint density at radius 3 is 2.81 bits per heavy atom. The highest BCUT2D eigenvalue weighted by Crippen LogP contribution is 2.18. The van der Waals surface area contributed by atoms with Gasteiger partial charge in [0.25, 0.3) is 0 Å². The van der Waals surface area contributed by atoms with Crippen LogP contribution in [0.4, 0.5) is 0 Å². The molecule has 0 N–H and O–H groups in total. The van der Waals surface area contributed by atoms with E-state index in [4.69, 9.17) is 0 Å². The summed E-state index contributed by atoms with van der Waals surface area (Å²) in [4.78, 5) is 16.8. The molecule has 0 aliphatic rings. The number of Topliss-reactive ketones (excluding diaryl/α,β-unsaturated/α-hetero) is 1. The van der Waals surface area contributed by atoms with Crippen molar-refractivity contribution in [2.75, 3.05) is 0 Å². The van der Waals surface area contributed by atoms with Crippen LogP contribution in [0, 0.1) is 0 Å². The Morgan fingerprint density at radius 2 is 2.05 bits per heavy atom. The smallest absolute Gasteiger partial charge is 0.169 e. The molecular weight excluding hydrogens is 262 g/mol. The first-order chi connectivity index (χ1) is 10.1. The maximum absolute atomic E-state index is 12.5. The van der Waals surface area contributed by atoms with Crippen molar-refractivity contribution in [3.8, 4) is 0 Å². The van der Waals surface area contributed by atoms with Crippen molar-refractivity contribution in [3.63, 3.8) is 0 Å². The van der Waals surface area contributed by atoms with Gasteiger partial charge in [0.05, 0.1) is 17.6 Å². The van der Waals surface area contributed by atoms with Gasteiger partial charge in [0.2, 0.25) is 0 Å². The third kappa shape index (κ3) is 2.70. The topological polar surface area (TPSA) is 47.8 Å². The Bertz CT molecular complexity index is 784. The van der Waals surface area contributed by atoms with Gasteiger partial charge in [-0.3, -0.25) is 14.5 Å². The van der Waals surface area contributed by atoms with Crippen LogP contribution in [-0.4, -0.2) is 20.5 Å². The monoisotopic (exact) mass is 279 g/mol. The molecule has 1 aromatic carbocycles. The predicted octanol–water partition coefficient (Wildman–Crippen LogP) is 3.44. The predicted molar refractivity (Wildman–Crippen MR) is 82.4 cm³/mol. The fourth-order valence-electron chi connectivity index (χ4n) is 2.37. The molecule has 4 heteroatoms. The fourth-order valence-corrected chi connectivity index (χ4v) is 2.37. The van der Waals surface area contributed by atoms with Crippen LogP contribution in [0.5, 0.6) is 0 Å². The first-order valence-corrected chi connectivity index (χ1v) is 7.06. The molecule has 0 aliphatic heterocycles. The van der Waals surface area contributed by atoms with Gasteiger partial charge < -0.3 is 0 Å². The van der Waals surface area contributed by atoms with E-state index in [1.54, 1.807) is 6.20 Å². The number of rotatable bonds is 4. The zero-order valence-corrected chi connectivity index (χ0v) is 12.2. The van der Waals surface area contributed by atoms with E-state index in [0.29, 0.717) is 18.0 Å². The van der Waals surface area contributed by atoms with Crippen LogP contribution < -0.4 is 0 Å². The molecule has 0 bridgehead atoms. The molecule has 0 saturated heterocycles. The quantitative estimate of drug-likeness (QED) is 0.687. The van der Waals surface area contributed by atoms with E-state index in [0.717, 1.165) is 16.6 Å². The molecule has 0 radical (unpaired) electrons. The second-order valence-corrected chi connectivity index (χ2v) is 5.36. The number of carbonyl (C=O) groups excluding carboxylic acids is 1. The second-order valence-electron chi connectivity index (χ2n) is 5.36. The van der Waals surface area contributed by atoms with Crippen molar-refractivity contribution in [1.29, 1.82) is 0 Å². The van der Waals surface area contributed by atoms with Crippen LogP contribution in [0.3, 0.4) is 0 Å². The molecular formula is C17H17N3O. The van der Waals surface area contributed by atoms with Crippen molar-refractivity contribution in [1.82, 2.24) is 14.8 Å². The van der Waals surface area contributed by atoms with Crippen LogP contribution in [0.15, 0.2) is 48.8 Å². The van der Waals surface area contributed by atoms with Crippen molar-refractivity contribution < 1.29 is 4.79 Å². The molecule has 0 fully saturated rings. The van der Waals surface area contributed by atoms with E-state index >= 15 is 0 Å². The van der Waals surface area contributed by atoms with Crippen LogP contribution >= 0.6 is 0 Å². The van der Waals surface area contributed by atoms with Crippen LogP contribution in [0.1, 0.15) is 35.9 Å². The summed E-state index contributed by atoms with van der Waals surface area (Å²) in [6, 6.07) is 11.6. The minimum atomic E-state index is 0.0719. The van der Waals surface area contributed by atoms with Gasteiger partial charge in [-0.1, -0.05) is 18.2 Å². The normalized spacial score (nSPS) is 11.2. The van der Waals surface area contributed by atoms with Crippen LogP contribution in [0.2, 0.25) is 0 Å². The molecule has 106 valence electrons. The Labute approximate surface area is 123 Å². The zero-order valence-electron chi connectivity index (χ0n) is 12.2. The third-order valence-corrected chi connectivity index (χ3v) is 3.48. The molecule has 0 unspecified atom stereocenters. The molecule has 21 heavy (non-hydrogen) atoms. The molecule has 2 heterocycles. The van der Waals surface area contributed by atoms with E-state index in [1.807, 2.05) is 47.3 Å². The Hall–Kier alpha value is -2.49. The molecule has 4 nitrogen and oxygen atoms in total. The summed E-state index contributed by atoms with van der Waals surface area (Å²) in [5.74, 6) is 0.0719. The number of nitrogens with zero attached hydrogens (tertiary/aromatic N) is 3. The maximum Gasteiger partial charge on any atom is 0.169 e. The number of hydrogen-bond donors (Lipinski definition) is 0. The first kappa shape index (κ1) is 13.5. The first-order valence-electron chi connectivity index (χ1n) is 7.06. The van der Waals surface area contributed by atoms with Gasteiger partial charge >= 0.3 is 0 Å². The standard InChI is InChI=1S/C17H17N3O/c1-12(2)20-10-8-13(19-20)11-17(21)15-5-3-7-16-14(15)6-4-9-18-16/h3-10,12H,11H2,1-2H3. The van der Waals surface area contributed by atoms with Gasteiger partial charge in [0.1, 0.15) is 0 Å². The molecule has 2 aromatic heterocycles. The number of carbonyl (C=O) groups is 1. The van der Waals surface area contributed by atoms with Crippen LogP contribution in [-0.2, 0) is 6.42 Å². The number of fused-ring (bicyclic) bond motifs is 1. The van der Waals surface area contributed by atoms with Gasteiger partial charge in [-0.05, 0) is 32.0 Å². The number of aromatic nitrogens is 3. The van der Waals surface area contributed by atoms with E-state index in [-0.39, 0.29) is 5.78 Å². The largest absolute Gasteiger partial charge is 0.294 e. The lowest BCUT2D eigenvalue weighted by atomic mass is 10.0. The van der Waals surface area contributed by atoms with Gasteiger partial charge in [-0.15, -0.1) is 0 Å². The summed E-state index contributed by atoms with van der Waals surface area (Å²) in [6.07, 6.45) is 3.96. The lowest BCUT2D eigenvalue weighted by molar-refractivity contribution is 0.0993. The van der Waals surface area contributed by atoms with Crippen molar-refractivity contribution in [2.45, 2.75) is 26.3 Å². The fraction of sp³-hybridized carbons (Fsp3) is 0.235. The highest BCUT2D eigenvalue weighted by atomic mass is 16.1. The molecule has 0 amide bonds. The maximum atomic E-state index is 12.5. The number of hydrogen-bond acceptors (Lipinski definition) is 3. The second kappa shape index (κ2) is 5.48. The Balaban J connectivity index is 1.90. The van der Waals surface area contributed by atoms with E-state index in [1.165, 1.54) is 0 Å². The van der Waals surface area contributed by atoms with Crippen molar-refractivity contribution in [2.24, 2.45) is 0 Å². The summed E-state index contributed by atoms with van der Waals surface area (Å²) in [7, 11) is 0. The van der Waals surface area contributed by atoms with E-state index in [2.05, 4.69) is 23.9 Å². The summed E-state index contributed by atoms with van der Waals surface area (Å²) < 4.78 is 1.87. The van der Waals surface area contributed by atoms with Gasteiger partial charge in [0.15, 0.2) is 5.78 Å². The lowest BCUT2D eigenvalue weighted by Crippen LogP contribution is -2.07. The van der Waals surface area contributed by atoms with E-state index < -0.39 is 0 Å². The van der Waals surface area contributed by atoms with Crippen molar-refractivity contribution in [3.05, 3.63) is 60.0 Å². The number of pyridine rings is 1. The van der Waals surface area contributed by atoms with E-state index in [9.17, 15) is 4.79 Å². The SMILES string of the molecule is CC(C)n1ccc(CC(=O)c2cccc3ncccc23)n1. The highest BCUT2D eigenvalue weighted by molar-refractivity contribution is 6.07. The summed E-state index contributed by atoms with van der Waals surface area (Å²) >= 11 is 0. The van der Waals surface area contributed by atoms with Gasteiger partial charge in [-0.2, -0.15) is 5.10 Å². The summed E-state index contributed by atoms with van der Waals surface area (Å²) in [6.45, 7) is 4.13. The molecule has 0 atom stereocenters. The minimum Gasteiger partial charge on any atom is -0.294 e. The molecule has 0 spiro atoms. The zero-order chi connectivity index (χ0) is 14.8. The molecule has 0 saturated carbocycles. The number of benzene rings is 1.